The van der Waals surface area contributed by atoms with Crippen molar-refractivity contribution in [1.29, 1.82) is 0 Å². The third kappa shape index (κ3) is 8.65. The number of carbonyl (C=O) groups excluding carboxylic acids is 2. The van der Waals surface area contributed by atoms with Gasteiger partial charge in [-0.25, -0.2) is 14.6 Å². The highest BCUT2D eigenvalue weighted by Crippen LogP contribution is 2.34. The summed E-state index contributed by atoms with van der Waals surface area (Å²) in [5.74, 6) is -5.48. The molecule has 2 fully saturated rings. The van der Waals surface area contributed by atoms with Crippen LogP contribution in [0.1, 0.15) is 34.6 Å². The minimum Gasteiger partial charge on any atom is -0.475 e. The number of carbonyl (C=O) groups is 4. The minimum atomic E-state index is -5.08. The summed E-state index contributed by atoms with van der Waals surface area (Å²) in [5.41, 5.74) is 2.35. The number of fused-ring (bicyclic) bond motifs is 1. The first-order chi connectivity index (χ1) is 18.0. The SMILES string of the molecule is Cc1cccc(C(=O)N2CC[C@H]3[C@H]2CC(=O)N3Cc2ccncc2)n1.O=C(O)C(F)(F)F.O=C(O)C(F)(F)F. The Labute approximate surface area is 216 Å². The maximum atomic E-state index is 12.8. The van der Waals surface area contributed by atoms with E-state index < -0.39 is 24.3 Å². The highest BCUT2D eigenvalue weighted by Gasteiger charge is 2.48. The summed E-state index contributed by atoms with van der Waals surface area (Å²) in [7, 11) is 0. The Morgan fingerprint density at radius 1 is 0.949 bits per heavy atom. The monoisotopic (exact) mass is 564 g/mol. The summed E-state index contributed by atoms with van der Waals surface area (Å²) in [6.07, 6.45) is -5.48. The number of pyridine rings is 2. The molecule has 39 heavy (non-hydrogen) atoms. The van der Waals surface area contributed by atoms with Crippen LogP contribution >= 0.6 is 0 Å². The normalized spacial score (nSPS) is 18.4. The molecular weight excluding hydrogens is 542 g/mol. The van der Waals surface area contributed by atoms with Crippen molar-refractivity contribution in [3.63, 3.8) is 0 Å². The summed E-state index contributed by atoms with van der Waals surface area (Å²) in [4.78, 5) is 55.2. The zero-order valence-corrected chi connectivity index (χ0v) is 20.1. The lowest BCUT2D eigenvalue weighted by atomic mass is 10.1. The second-order valence-electron chi connectivity index (χ2n) is 8.27. The van der Waals surface area contributed by atoms with Gasteiger partial charge in [0.25, 0.3) is 5.91 Å². The quantitative estimate of drug-likeness (QED) is 0.542. The summed E-state index contributed by atoms with van der Waals surface area (Å²) >= 11 is 0. The number of nitrogens with zero attached hydrogens (tertiary/aromatic N) is 4. The van der Waals surface area contributed by atoms with Gasteiger partial charge in [0.05, 0.1) is 12.1 Å². The molecule has 2 atom stereocenters. The second-order valence-corrected chi connectivity index (χ2v) is 8.27. The van der Waals surface area contributed by atoms with E-state index >= 15 is 0 Å². The molecule has 10 nitrogen and oxygen atoms in total. The summed E-state index contributed by atoms with van der Waals surface area (Å²) in [5, 5.41) is 14.2. The Hall–Kier alpha value is -4.24. The average molecular weight is 564 g/mol. The Morgan fingerprint density at radius 2 is 1.49 bits per heavy atom. The van der Waals surface area contributed by atoms with Crippen molar-refractivity contribution in [2.75, 3.05) is 6.54 Å². The molecule has 2 N–H and O–H groups in total. The Bertz CT molecular complexity index is 1170. The van der Waals surface area contributed by atoms with E-state index in [4.69, 9.17) is 19.8 Å². The molecule has 0 bridgehead atoms. The van der Waals surface area contributed by atoms with E-state index in [0.717, 1.165) is 17.7 Å². The first-order valence-corrected chi connectivity index (χ1v) is 11.1. The van der Waals surface area contributed by atoms with Crippen LogP contribution < -0.4 is 0 Å². The largest absolute Gasteiger partial charge is 0.490 e. The standard InChI is InChI=1S/C19H20N4O2.2C2HF3O2/c1-13-3-2-4-15(21-13)19(25)22-10-7-16-17(22)11-18(24)23(16)12-14-5-8-20-9-6-14;2*3-2(4,5)1(6)7/h2-6,8-9,16-17H,7,10-12H2,1H3;2*(H,6,7)/t16-,17+;;/m0../s1. The molecular formula is C23H22F6N4O6. The average Bonchev–Trinajstić information content (AvgIpc) is 3.38. The van der Waals surface area contributed by atoms with Gasteiger partial charge in [0, 0.05) is 37.6 Å². The van der Waals surface area contributed by atoms with Gasteiger partial charge in [-0.05, 0) is 43.2 Å². The van der Waals surface area contributed by atoms with Crippen LogP contribution in [0, 0.1) is 6.92 Å². The van der Waals surface area contributed by atoms with Gasteiger partial charge in [-0.15, -0.1) is 0 Å². The van der Waals surface area contributed by atoms with Crippen LogP contribution in [0.2, 0.25) is 0 Å². The number of rotatable bonds is 3. The van der Waals surface area contributed by atoms with E-state index in [-0.39, 0.29) is 23.9 Å². The predicted octanol–water partition coefficient (Wildman–Crippen LogP) is 3.07. The van der Waals surface area contributed by atoms with Crippen molar-refractivity contribution >= 4 is 23.8 Å². The van der Waals surface area contributed by atoms with Gasteiger partial charge in [-0.1, -0.05) is 6.07 Å². The number of hydrogen-bond acceptors (Lipinski definition) is 6. The number of aliphatic carboxylic acids is 2. The van der Waals surface area contributed by atoms with E-state index in [1.165, 1.54) is 0 Å². The number of carboxylic acids is 2. The lowest BCUT2D eigenvalue weighted by Crippen LogP contribution is -2.40. The number of aryl methyl sites for hydroxylation is 1. The molecule has 2 aliphatic heterocycles. The second kappa shape index (κ2) is 12.5. The van der Waals surface area contributed by atoms with Crippen molar-refractivity contribution in [2.24, 2.45) is 0 Å². The molecule has 0 aromatic carbocycles. The van der Waals surface area contributed by atoms with Gasteiger partial charge in [0.2, 0.25) is 5.91 Å². The number of hydrogen-bond donors (Lipinski definition) is 2. The molecule has 212 valence electrons. The number of alkyl halides is 6. The third-order valence-electron chi connectivity index (χ3n) is 5.57. The van der Waals surface area contributed by atoms with Crippen LogP contribution in [-0.2, 0) is 20.9 Å². The van der Waals surface area contributed by atoms with Crippen LogP contribution in [0.3, 0.4) is 0 Å². The molecule has 0 aliphatic carbocycles. The van der Waals surface area contributed by atoms with Gasteiger partial charge in [-0.2, -0.15) is 26.3 Å². The van der Waals surface area contributed by atoms with Gasteiger partial charge >= 0.3 is 24.3 Å². The van der Waals surface area contributed by atoms with E-state index in [0.29, 0.717) is 25.2 Å². The van der Waals surface area contributed by atoms with Crippen LogP contribution in [0.4, 0.5) is 26.3 Å². The molecule has 4 heterocycles. The van der Waals surface area contributed by atoms with Crippen LogP contribution in [0.25, 0.3) is 0 Å². The number of carboxylic acid groups (broad SMARTS) is 2. The molecule has 0 radical (unpaired) electrons. The molecule has 2 amide bonds. The first-order valence-electron chi connectivity index (χ1n) is 11.1. The maximum Gasteiger partial charge on any atom is 0.490 e. The zero-order valence-electron chi connectivity index (χ0n) is 20.1. The van der Waals surface area contributed by atoms with Gasteiger partial charge in [-0.3, -0.25) is 14.6 Å². The fourth-order valence-electron chi connectivity index (χ4n) is 3.88. The molecule has 16 heteroatoms. The number of amides is 2. The molecule has 0 saturated carbocycles. The van der Waals surface area contributed by atoms with Crippen LogP contribution in [0.15, 0.2) is 42.7 Å². The van der Waals surface area contributed by atoms with Crippen molar-refractivity contribution in [3.8, 4) is 0 Å². The Kier molecular flexibility index (Phi) is 9.96. The van der Waals surface area contributed by atoms with Crippen molar-refractivity contribution in [1.82, 2.24) is 19.8 Å². The lowest BCUT2D eigenvalue weighted by molar-refractivity contribution is -0.193. The molecule has 2 aromatic rings. The zero-order chi connectivity index (χ0) is 29.5. The van der Waals surface area contributed by atoms with E-state index in [1.54, 1.807) is 18.5 Å². The Balaban J connectivity index is 0.000000317. The van der Waals surface area contributed by atoms with Crippen LogP contribution in [0.5, 0.6) is 0 Å². The van der Waals surface area contributed by atoms with Crippen molar-refractivity contribution in [2.45, 2.75) is 50.7 Å². The number of likely N-dealkylation sites (tertiary alicyclic amines) is 2. The third-order valence-corrected chi connectivity index (χ3v) is 5.57. The smallest absolute Gasteiger partial charge is 0.475 e. The van der Waals surface area contributed by atoms with Crippen LogP contribution in [-0.4, -0.2) is 84.7 Å². The number of aromatic nitrogens is 2. The predicted molar refractivity (Wildman–Crippen MR) is 119 cm³/mol. The first kappa shape index (κ1) is 31.0. The highest BCUT2D eigenvalue weighted by atomic mass is 19.4. The highest BCUT2D eigenvalue weighted by molar-refractivity contribution is 5.94. The van der Waals surface area contributed by atoms with Crippen molar-refractivity contribution < 1.29 is 55.7 Å². The fraction of sp³-hybridized carbons (Fsp3) is 0.391. The fourth-order valence-corrected chi connectivity index (χ4v) is 3.88. The van der Waals surface area contributed by atoms with E-state index in [2.05, 4.69) is 9.97 Å². The molecule has 2 aromatic heterocycles. The molecule has 0 unspecified atom stereocenters. The molecule has 4 rings (SSSR count). The molecule has 2 saturated heterocycles. The van der Waals surface area contributed by atoms with Gasteiger partial charge < -0.3 is 20.0 Å². The van der Waals surface area contributed by atoms with Gasteiger partial charge in [0.15, 0.2) is 0 Å². The van der Waals surface area contributed by atoms with E-state index in [9.17, 15) is 35.9 Å². The summed E-state index contributed by atoms with van der Waals surface area (Å²) in [6.45, 7) is 3.12. The minimum absolute atomic E-state index is 0.0517. The van der Waals surface area contributed by atoms with Gasteiger partial charge in [0.1, 0.15) is 5.69 Å². The topological polar surface area (TPSA) is 141 Å². The van der Waals surface area contributed by atoms with E-state index in [1.807, 2.05) is 41.0 Å². The van der Waals surface area contributed by atoms with Crippen molar-refractivity contribution in [3.05, 3.63) is 59.7 Å². The summed E-state index contributed by atoms with van der Waals surface area (Å²) < 4.78 is 63.5. The lowest BCUT2D eigenvalue weighted by Gasteiger charge is -2.25. The Morgan fingerprint density at radius 3 is 1.97 bits per heavy atom. The maximum absolute atomic E-state index is 12.8. The summed E-state index contributed by atoms with van der Waals surface area (Å²) in [6, 6.07) is 9.36. The molecule has 0 spiro atoms. The molecule has 2 aliphatic rings. The number of halogens is 6.